The predicted molar refractivity (Wildman–Crippen MR) is 98.3 cm³/mol. The minimum Gasteiger partial charge on any atom is -0.337 e. The normalized spacial score (nSPS) is 27.7. The highest BCUT2D eigenvalue weighted by Gasteiger charge is 2.53. The maximum absolute atomic E-state index is 12.7. The Labute approximate surface area is 151 Å². The van der Waals surface area contributed by atoms with Crippen LogP contribution in [0.2, 0.25) is 0 Å². The van der Waals surface area contributed by atoms with Crippen LogP contribution in [-0.4, -0.2) is 57.2 Å². The molecule has 3 heterocycles. The highest BCUT2D eigenvalue weighted by atomic mass is 16.2. The third kappa shape index (κ3) is 3.01. The zero-order chi connectivity index (χ0) is 17.4. The van der Waals surface area contributed by atoms with Gasteiger partial charge in [0.1, 0.15) is 0 Å². The first-order valence-corrected chi connectivity index (χ1v) is 10.1. The number of likely N-dealkylation sites (N-methyl/N-ethyl adjacent to an activating group) is 1. The molecule has 1 aromatic rings. The molecule has 1 amide bonds. The van der Waals surface area contributed by atoms with Crippen LogP contribution in [0.3, 0.4) is 0 Å². The standard InChI is InChI=1S/C20H32N4O/c1-3-24-19(25)12-18(17-13-21-22(2)15-17)20(24)8-10-23(11-9-20)14-16-6-4-5-7-16/h13,15-16,18H,3-12,14H2,1-2H3/t18-/m0/s1. The minimum atomic E-state index is 0.0149. The monoisotopic (exact) mass is 344 g/mol. The van der Waals surface area contributed by atoms with Crippen molar-refractivity contribution < 1.29 is 4.79 Å². The molecule has 1 spiro atoms. The van der Waals surface area contributed by atoms with Crippen LogP contribution < -0.4 is 0 Å². The van der Waals surface area contributed by atoms with Crippen molar-refractivity contribution in [2.45, 2.75) is 63.3 Å². The number of aryl methyl sites for hydroxylation is 1. The number of nitrogens with zero attached hydrogens (tertiary/aromatic N) is 4. The maximum Gasteiger partial charge on any atom is 0.223 e. The van der Waals surface area contributed by atoms with Crippen LogP contribution in [0.15, 0.2) is 12.4 Å². The molecular formula is C20H32N4O. The van der Waals surface area contributed by atoms with Crippen LogP contribution in [0.1, 0.15) is 63.4 Å². The molecule has 0 radical (unpaired) electrons. The van der Waals surface area contributed by atoms with E-state index in [9.17, 15) is 4.79 Å². The van der Waals surface area contributed by atoms with Gasteiger partial charge in [-0.15, -0.1) is 0 Å². The number of carbonyl (C=O) groups excluding carboxylic acids is 1. The van der Waals surface area contributed by atoms with E-state index >= 15 is 0 Å². The third-order valence-corrected chi connectivity index (χ3v) is 7.02. The van der Waals surface area contributed by atoms with Gasteiger partial charge < -0.3 is 9.80 Å². The van der Waals surface area contributed by atoms with E-state index in [1.165, 1.54) is 37.8 Å². The van der Waals surface area contributed by atoms with Gasteiger partial charge in [0.2, 0.25) is 5.91 Å². The Morgan fingerprint density at radius 2 is 1.96 bits per heavy atom. The Kier molecular flexibility index (Phi) is 4.61. The summed E-state index contributed by atoms with van der Waals surface area (Å²) in [5.41, 5.74) is 1.26. The number of piperidine rings is 1. The van der Waals surface area contributed by atoms with Gasteiger partial charge in [-0.25, -0.2) is 0 Å². The zero-order valence-electron chi connectivity index (χ0n) is 15.8. The first-order chi connectivity index (χ1) is 12.1. The van der Waals surface area contributed by atoms with Crippen LogP contribution in [0.4, 0.5) is 0 Å². The molecule has 1 saturated carbocycles. The molecule has 4 rings (SSSR count). The molecule has 138 valence electrons. The summed E-state index contributed by atoms with van der Waals surface area (Å²) in [6.45, 7) is 6.51. The quantitative estimate of drug-likeness (QED) is 0.843. The molecule has 3 aliphatic rings. The second-order valence-electron chi connectivity index (χ2n) is 8.40. The number of amides is 1. The van der Waals surface area contributed by atoms with E-state index in [1.54, 1.807) is 0 Å². The summed E-state index contributed by atoms with van der Waals surface area (Å²) in [7, 11) is 1.97. The fourth-order valence-corrected chi connectivity index (χ4v) is 5.75. The lowest BCUT2D eigenvalue weighted by atomic mass is 9.74. The van der Waals surface area contributed by atoms with Gasteiger partial charge >= 0.3 is 0 Å². The molecule has 5 nitrogen and oxygen atoms in total. The molecule has 2 aliphatic heterocycles. The summed E-state index contributed by atoms with van der Waals surface area (Å²) < 4.78 is 1.87. The van der Waals surface area contributed by atoms with Crippen LogP contribution in [-0.2, 0) is 11.8 Å². The van der Waals surface area contributed by atoms with E-state index in [0.29, 0.717) is 18.2 Å². The summed E-state index contributed by atoms with van der Waals surface area (Å²) in [5.74, 6) is 1.55. The Bertz CT molecular complexity index is 611. The molecule has 3 fully saturated rings. The van der Waals surface area contributed by atoms with Crippen LogP contribution >= 0.6 is 0 Å². The van der Waals surface area contributed by atoms with Gasteiger partial charge in [-0.3, -0.25) is 9.48 Å². The fraction of sp³-hybridized carbons (Fsp3) is 0.800. The summed E-state index contributed by atoms with van der Waals surface area (Å²) in [6.07, 6.45) is 12.6. The van der Waals surface area contributed by atoms with E-state index in [4.69, 9.17) is 0 Å². The maximum atomic E-state index is 12.7. The molecular weight excluding hydrogens is 312 g/mol. The van der Waals surface area contributed by atoms with E-state index in [1.807, 2.05) is 17.9 Å². The average Bonchev–Trinajstić information content (AvgIpc) is 3.31. The summed E-state index contributed by atoms with van der Waals surface area (Å²) in [4.78, 5) is 17.6. The molecule has 0 N–H and O–H groups in total. The van der Waals surface area contributed by atoms with E-state index in [2.05, 4.69) is 28.0 Å². The van der Waals surface area contributed by atoms with Crippen molar-refractivity contribution in [1.82, 2.24) is 19.6 Å². The van der Waals surface area contributed by atoms with Crippen molar-refractivity contribution in [3.63, 3.8) is 0 Å². The molecule has 0 unspecified atom stereocenters. The van der Waals surface area contributed by atoms with Crippen molar-refractivity contribution >= 4 is 5.91 Å². The second-order valence-corrected chi connectivity index (χ2v) is 8.40. The largest absolute Gasteiger partial charge is 0.337 e. The average molecular weight is 345 g/mol. The first-order valence-electron chi connectivity index (χ1n) is 10.1. The zero-order valence-corrected chi connectivity index (χ0v) is 15.8. The SMILES string of the molecule is CCN1C(=O)C[C@@H](c2cnn(C)c2)C12CCN(CC1CCCC1)CC2. The number of rotatable bonds is 4. The molecule has 0 bridgehead atoms. The molecule has 5 heteroatoms. The van der Waals surface area contributed by atoms with Crippen molar-refractivity contribution in [2.75, 3.05) is 26.2 Å². The van der Waals surface area contributed by atoms with Crippen molar-refractivity contribution in [1.29, 1.82) is 0 Å². The third-order valence-electron chi connectivity index (χ3n) is 7.02. The number of likely N-dealkylation sites (tertiary alicyclic amines) is 2. The van der Waals surface area contributed by atoms with Gasteiger partial charge in [-0.1, -0.05) is 12.8 Å². The smallest absolute Gasteiger partial charge is 0.223 e. The molecule has 1 aromatic heterocycles. The van der Waals surface area contributed by atoms with E-state index < -0.39 is 0 Å². The molecule has 1 atom stereocenters. The van der Waals surface area contributed by atoms with Crippen LogP contribution in [0.5, 0.6) is 0 Å². The topological polar surface area (TPSA) is 41.4 Å². The van der Waals surface area contributed by atoms with Crippen molar-refractivity contribution in [2.24, 2.45) is 13.0 Å². The van der Waals surface area contributed by atoms with Crippen molar-refractivity contribution in [3.8, 4) is 0 Å². The van der Waals surface area contributed by atoms with Gasteiger partial charge in [-0.2, -0.15) is 5.10 Å². The Balaban J connectivity index is 1.51. The lowest BCUT2D eigenvalue weighted by molar-refractivity contribution is -0.132. The van der Waals surface area contributed by atoms with Gasteiger partial charge in [-0.05, 0) is 44.1 Å². The predicted octanol–water partition coefficient (Wildman–Crippen LogP) is 2.78. The van der Waals surface area contributed by atoms with Crippen molar-refractivity contribution in [3.05, 3.63) is 18.0 Å². The molecule has 25 heavy (non-hydrogen) atoms. The number of hydrogen-bond donors (Lipinski definition) is 0. The van der Waals surface area contributed by atoms with E-state index in [0.717, 1.165) is 38.4 Å². The first kappa shape index (κ1) is 17.1. The number of aromatic nitrogens is 2. The number of hydrogen-bond acceptors (Lipinski definition) is 3. The fourth-order valence-electron chi connectivity index (χ4n) is 5.75. The van der Waals surface area contributed by atoms with E-state index in [-0.39, 0.29) is 5.54 Å². The van der Waals surface area contributed by atoms with Gasteiger partial charge in [0.25, 0.3) is 0 Å². The summed E-state index contributed by atoms with van der Waals surface area (Å²) >= 11 is 0. The van der Waals surface area contributed by atoms with Gasteiger partial charge in [0.05, 0.1) is 11.7 Å². The number of carbonyl (C=O) groups is 1. The Morgan fingerprint density at radius 1 is 1.24 bits per heavy atom. The molecule has 2 saturated heterocycles. The lowest BCUT2D eigenvalue weighted by Crippen LogP contribution is -2.55. The van der Waals surface area contributed by atoms with Gasteiger partial charge in [0.15, 0.2) is 0 Å². The molecule has 0 aromatic carbocycles. The second kappa shape index (κ2) is 6.75. The van der Waals surface area contributed by atoms with Crippen LogP contribution in [0, 0.1) is 5.92 Å². The lowest BCUT2D eigenvalue weighted by Gasteiger charge is -2.48. The highest BCUT2D eigenvalue weighted by Crippen LogP contribution is 2.48. The minimum absolute atomic E-state index is 0.0149. The van der Waals surface area contributed by atoms with Gasteiger partial charge in [0, 0.05) is 51.8 Å². The Hall–Kier alpha value is -1.36. The summed E-state index contributed by atoms with van der Waals surface area (Å²) in [6, 6.07) is 0. The van der Waals surface area contributed by atoms with Crippen LogP contribution in [0.25, 0.3) is 0 Å². The Morgan fingerprint density at radius 3 is 2.56 bits per heavy atom. The highest BCUT2D eigenvalue weighted by molar-refractivity contribution is 5.81. The summed E-state index contributed by atoms with van der Waals surface area (Å²) in [5, 5.41) is 4.37. The molecule has 1 aliphatic carbocycles.